The van der Waals surface area contributed by atoms with Crippen LogP contribution in [0.25, 0.3) is 0 Å². The maximum atomic E-state index is 10.3. The van der Waals surface area contributed by atoms with Crippen molar-refractivity contribution in [2.75, 3.05) is 5.75 Å². The molecule has 0 bridgehead atoms. The summed E-state index contributed by atoms with van der Waals surface area (Å²) in [5, 5.41) is 14.1. The number of rotatable bonds is 5. The Kier molecular flexibility index (Phi) is 8.60. The van der Waals surface area contributed by atoms with Crippen molar-refractivity contribution >= 4 is 22.7 Å². The van der Waals surface area contributed by atoms with Gasteiger partial charge in [-0.3, -0.25) is 4.55 Å². The highest BCUT2D eigenvalue weighted by Crippen LogP contribution is 2.22. The fourth-order valence-corrected chi connectivity index (χ4v) is 4.00. The van der Waals surface area contributed by atoms with Crippen molar-refractivity contribution in [3.05, 3.63) is 0 Å². The fourth-order valence-electron chi connectivity index (χ4n) is 3.42. The van der Waals surface area contributed by atoms with E-state index >= 15 is 0 Å². The van der Waals surface area contributed by atoms with Crippen LogP contribution in [0.2, 0.25) is 0 Å². The molecule has 0 radical (unpaired) electrons. The highest BCUT2D eigenvalue weighted by molar-refractivity contribution is 7.85. The molecule has 0 aliphatic heterocycles. The molecule has 0 aromatic carbocycles. The van der Waals surface area contributed by atoms with E-state index in [4.69, 9.17) is 4.55 Å². The van der Waals surface area contributed by atoms with Gasteiger partial charge in [0.1, 0.15) is 0 Å². The summed E-state index contributed by atoms with van der Waals surface area (Å²) in [6.45, 7) is -0.00926. The van der Waals surface area contributed by atoms with Gasteiger partial charge in [-0.1, -0.05) is 38.5 Å². The summed E-state index contributed by atoms with van der Waals surface area (Å²) in [6.07, 6.45) is 14.6. The highest BCUT2D eigenvalue weighted by atomic mass is 32.2. The van der Waals surface area contributed by atoms with E-state index in [9.17, 15) is 8.42 Å². The van der Waals surface area contributed by atoms with Crippen molar-refractivity contribution in [3.8, 4) is 0 Å². The second kappa shape index (κ2) is 10.4. The Labute approximate surface area is 155 Å². The predicted octanol–water partition coefficient (Wildman–Crippen LogP) is 2.09. The van der Waals surface area contributed by atoms with Gasteiger partial charge in [0.05, 0.1) is 12.3 Å². The lowest BCUT2D eigenvalue weighted by atomic mass is 9.91. The van der Waals surface area contributed by atoms with Gasteiger partial charge in [0.15, 0.2) is 0 Å². The number of thiol groups is 1. The average Bonchev–Trinajstić information content (AvgIpc) is 3.00. The molecule has 0 saturated heterocycles. The van der Waals surface area contributed by atoms with Gasteiger partial charge in [-0.2, -0.15) is 8.42 Å². The van der Waals surface area contributed by atoms with E-state index in [1.807, 2.05) is 0 Å². The smallest absolute Gasteiger partial charge is 0.266 e. The quantitative estimate of drug-likeness (QED) is 0.521. The third-order valence-electron chi connectivity index (χ3n) is 4.76. The van der Waals surface area contributed by atoms with Crippen LogP contribution in [0, 0.1) is 0 Å². The van der Waals surface area contributed by atoms with E-state index in [2.05, 4.69) is 33.5 Å². The summed E-state index contributed by atoms with van der Waals surface area (Å²) in [5.74, 6) is -0.425. The number of aryl methyl sites for hydroxylation is 1. The lowest BCUT2D eigenvalue weighted by molar-refractivity contribution is 0.291. The molecule has 3 rings (SSSR count). The van der Waals surface area contributed by atoms with E-state index in [1.165, 1.54) is 64.2 Å². The van der Waals surface area contributed by atoms with Crippen LogP contribution in [-0.4, -0.2) is 51.0 Å². The molecule has 144 valence electrons. The zero-order valence-electron chi connectivity index (χ0n) is 14.5. The fraction of sp³-hybridized carbons (Fsp3) is 0.933. The summed E-state index contributed by atoms with van der Waals surface area (Å²) in [4.78, 5) is 0. The van der Waals surface area contributed by atoms with E-state index in [0.717, 1.165) is 16.8 Å². The van der Waals surface area contributed by atoms with Crippen molar-refractivity contribution in [2.24, 2.45) is 0 Å². The van der Waals surface area contributed by atoms with Crippen LogP contribution in [0.3, 0.4) is 0 Å². The Hall–Kier alpha value is -0.710. The second-order valence-electron chi connectivity index (χ2n) is 6.82. The minimum absolute atomic E-state index is 0.00926. The molecule has 0 spiro atoms. The topological polar surface area (TPSA) is 110 Å². The van der Waals surface area contributed by atoms with Gasteiger partial charge in [-0.05, 0) is 36.1 Å². The van der Waals surface area contributed by atoms with Crippen molar-refractivity contribution in [1.82, 2.24) is 25.5 Å². The third-order valence-corrected chi connectivity index (χ3v) is 5.77. The molecule has 1 aromatic rings. The first-order valence-corrected chi connectivity index (χ1v) is 11.2. The summed E-state index contributed by atoms with van der Waals surface area (Å²) in [6, 6.07) is 1.74. The Morgan fingerprint density at radius 3 is 1.96 bits per heavy atom. The van der Waals surface area contributed by atoms with Crippen molar-refractivity contribution in [1.29, 1.82) is 0 Å². The Bertz CT molecular complexity index is 580. The van der Waals surface area contributed by atoms with Crippen LogP contribution in [0.4, 0.5) is 0 Å². The van der Waals surface area contributed by atoms with Crippen molar-refractivity contribution in [3.63, 3.8) is 0 Å². The number of tetrazole rings is 1. The zero-order valence-corrected chi connectivity index (χ0v) is 16.3. The maximum absolute atomic E-state index is 10.3. The SMILES string of the molecule is C1CCC(NC2CCCCC2)CC1.O=S(=O)(O)CCn1nnnc1S. The van der Waals surface area contributed by atoms with E-state index < -0.39 is 15.9 Å². The standard InChI is InChI=1S/C12H23N.C3H6N4O3S2/c1-3-7-11(8-4-1)13-12-9-5-2-6-10-12;8-12(9,10)2-1-7-3(11)4-5-6-7/h11-13H,1-10H2;1-2H2,(H,4,6,11)(H,8,9,10). The molecule has 2 fully saturated rings. The molecule has 2 aliphatic rings. The Balaban J connectivity index is 0.000000181. The molecule has 0 unspecified atom stereocenters. The highest BCUT2D eigenvalue weighted by Gasteiger charge is 2.19. The van der Waals surface area contributed by atoms with Crippen molar-refractivity contribution < 1.29 is 13.0 Å². The summed E-state index contributed by atoms with van der Waals surface area (Å²) >= 11 is 3.83. The van der Waals surface area contributed by atoms with E-state index in [-0.39, 0.29) is 11.7 Å². The minimum atomic E-state index is -3.97. The molecule has 8 nitrogen and oxygen atoms in total. The summed E-state index contributed by atoms with van der Waals surface area (Å²) in [5.41, 5.74) is 0. The van der Waals surface area contributed by atoms with Crippen LogP contribution >= 0.6 is 12.6 Å². The van der Waals surface area contributed by atoms with Gasteiger partial charge in [0.2, 0.25) is 5.16 Å². The molecule has 25 heavy (non-hydrogen) atoms. The Morgan fingerprint density at radius 1 is 1.04 bits per heavy atom. The maximum Gasteiger partial charge on any atom is 0.266 e. The molecule has 2 saturated carbocycles. The van der Waals surface area contributed by atoms with Gasteiger partial charge >= 0.3 is 0 Å². The van der Waals surface area contributed by atoms with Crippen LogP contribution in [0.5, 0.6) is 0 Å². The zero-order chi connectivity index (χ0) is 18.1. The number of aromatic nitrogens is 4. The largest absolute Gasteiger partial charge is 0.311 e. The lowest BCUT2D eigenvalue weighted by Gasteiger charge is -2.30. The molecule has 0 atom stereocenters. The Morgan fingerprint density at radius 2 is 1.56 bits per heavy atom. The van der Waals surface area contributed by atoms with Gasteiger partial charge in [0, 0.05) is 12.1 Å². The molecular weight excluding hydrogens is 362 g/mol. The van der Waals surface area contributed by atoms with Crippen LogP contribution in [0.1, 0.15) is 64.2 Å². The van der Waals surface area contributed by atoms with Crippen LogP contribution < -0.4 is 5.32 Å². The second-order valence-corrected chi connectivity index (χ2v) is 8.80. The number of hydrogen-bond acceptors (Lipinski definition) is 7. The number of nitrogens with zero attached hydrogens (tertiary/aromatic N) is 4. The van der Waals surface area contributed by atoms with Gasteiger partial charge in [0.25, 0.3) is 10.1 Å². The predicted molar refractivity (Wildman–Crippen MR) is 98.4 cm³/mol. The van der Waals surface area contributed by atoms with Crippen LogP contribution in [0.15, 0.2) is 5.16 Å². The molecule has 1 heterocycles. The third kappa shape index (κ3) is 8.48. The molecular formula is C15H29N5O3S2. The molecule has 2 aliphatic carbocycles. The molecule has 1 aromatic heterocycles. The van der Waals surface area contributed by atoms with Gasteiger partial charge in [-0.15, -0.1) is 17.7 Å². The van der Waals surface area contributed by atoms with Crippen LogP contribution in [-0.2, 0) is 16.7 Å². The first-order chi connectivity index (χ1) is 11.9. The lowest BCUT2D eigenvalue weighted by Crippen LogP contribution is -2.40. The van der Waals surface area contributed by atoms with E-state index in [0.29, 0.717) is 0 Å². The minimum Gasteiger partial charge on any atom is -0.311 e. The van der Waals surface area contributed by atoms with E-state index in [1.54, 1.807) is 0 Å². The monoisotopic (exact) mass is 391 g/mol. The van der Waals surface area contributed by atoms with Crippen molar-refractivity contribution in [2.45, 2.75) is 88.0 Å². The number of nitrogens with one attached hydrogen (secondary N) is 1. The van der Waals surface area contributed by atoms with Gasteiger partial charge in [-0.25, -0.2) is 4.68 Å². The average molecular weight is 392 g/mol. The van der Waals surface area contributed by atoms with Gasteiger partial charge < -0.3 is 5.32 Å². The molecule has 2 N–H and O–H groups in total. The summed E-state index contributed by atoms with van der Waals surface area (Å²) in [7, 11) is -3.97. The first-order valence-electron chi connectivity index (χ1n) is 9.10. The summed E-state index contributed by atoms with van der Waals surface area (Å²) < 4.78 is 30.1. The number of hydrogen-bond donors (Lipinski definition) is 3. The normalized spacial score (nSPS) is 20.1. The first kappa shape index (κ1) is 20.6. The molecule has 0 amide bonds. The molecule has 10 heteroatoms.